The zero-order valence-electron chi connectivity index (χ0n) is 18.4. The van der Waals surface area contributed by atoms with E-state index in [0.29, 0.717) is 5.56 Å². The average molecular weight is 587 g/mol. The Morgan fingerprint density at radius 1 is 1.14 bits per heavy atom. The van der Waals surface area contributed by atoms with Crippen molar-refractivity contribution in [1.82, 2.24) is 19.5 Å². The van der Waals surface area contributed by atoms with Crippen molar-refractivity contribution in [3.63, 3.8) is 0 Å². The van der Waals surface area contributed by atoms with Crippen molar-refractivity contribution in [3.8, 4) is 11.5 Å². The summed E-state index contributed by atoms with van der Waals surface area (Å²) in [6, 6.07) is 0. The van der Waals surface area contributed by atoms with Gasteiger partial charge in [0.15, 0.2) is 6.23 Å². The summed E-state index contributed by atoms with van der Waals surface area (Å²) >= 11 is 0. The molecule has 0 aliphatic carbocycles. The molecule has 3 unspecified atom stereocenters. The quantitative estimate of drug-likeness (QED) is 0.162. The van der Waals surface area contributed by atoms with E-state index in [-0.39, 0.29) is 22.7 Å². The van der Waals surface area contributed by atoms with Crippen LogP contribution in [0.25, 0.3) is 22.5 Å². The van der Waals surface area contributed by atoms with Gasteiger partial charge in [-0.1, -0.05) is 0 Å². The number of aliphatic hydroxyl groups is 2. The molecule has 1 fully saturated rings. The summed E-state index contributed by atoms with van der Waals surface area (Å²) in [6.07, 6.45) is 0.529. The molecule has 6 atom stereocenters. The number of phosphoric acid groups is 3. The molecule has 19 nitrogen and oxygen atoms in total. The van der Waals surface area contributed by atoms with Crippen LogP contribution in [0.5, 0.6) is 0 Å². The largest absolute Gasteiger partial charge is 0.490 e. The lowest BCUT2D eigenvalue weighted by molar-refractivity contribution is -0.0946. The Morgan fingerprint density at radius 2 is 1.84 bits per heavy atom. The molecule has 3 aromatic rings. The Bertz CT molecular complexity index is 1440. The van der Waals surface area contributed by atoms with Gasteiger partial charge in [-0.2, -0.15) is 8.62 Å². The Kier molecular flexibility index (Phi) is 7.24. The van der Waals surface area contributed by atoms with E-state index in [1.54, 1.807) is 0 Å². The first-order valence-corrected chi connectivity index (χ1v) is 14.4. The van der Waals surface area contributed by atoms with Gasteiger partial charge in [0, 0.05) is 6.20 Å². The molecule has 22 heteroatoms. The zero-order chi connectivity index (χ0) is 27.4. The number of nitrogens with zero attached hydrogens (tertiary/aromatic N) is 4. The van der Waals surface area contributed by atoms with Crippen LogP contribution >= 0.6 is 23.5 Å². The highest BCUT2D eigenvalue weighted by atomic mass is 31.3. The zero-order valence-corrected chi connectivity index (χ0v) is 21.1. The molecule has 8 N–H and O–H groups in total. The van der Waals surface area contributed by atoms with E-state index in [0.717, 1.165) is 6.33 Å². The second kappa shape index (κ2) is 9.59. The Hall–Kier alpha value is -2.08. The van der Waals surface area contributed by atoms with Crippen molar-refractivity contribution in [3.05, 3.63) is 25.0 Å². The molecule has 0 saturated carbocycles. The SMILES string of the molecule is C[C@@]1(O)[C@H](O)C(COP(=O)(O)OP(=O)(O)OP(=O)(O)O)O[C@H]1n1cc(-c2ncco2)c2c(N)ncnc21. The molecule has 1 aliphatic rings. The maximum absolute atomic E-state index is 12.0. The van der Waals surface area contributed by atoms with Gasteiger partial charge in [0.1, 0.15) is 41.9 Å². The van der Waals surface area contributed by atoms with Crippen LogP contribution in [0.15, 0.2) is 29.4 Å². The molecule has 37 heavy (non-hydrogen) atoms. The molecule has 1 saturated heterocycles. The van der Waals surface area contributed by atoms with E-state index in [9.17, 15) is 33.7 Å². The Balaban J connectivity index is 1.59. The summed E-state index contributed by atoms with van der Waals surface area (Å²) in [7, 11) is -16.8. The third-order valence-corrected chi connectivity index (χ3v) is 8.93. The standard InChI is InChI=1S/C15H20N5O14P3/c1-15(22)10(21)8(5-31-36(26,27)34-37(28,29)33-35(23,24)25)32-14(15)20-4-7(13-17-2-3-30-13)9-11(16)18-6-19-12(9)20/h2-4,6,8,10,14,21-22H,5H2,1H3,(H,26,27)(H,28,29)(H2,16,18,19)(H2,23,24,25)/t8?,10-,14-,15-/m1/s1. The molecular weight excluding hydrogens is 567 g/mol. The molecule has 0 aromatic carbocycles. The van der Waals surface area contributed by atoms with Crippen molar-refractivity contribution in [2.75, 3.05) is 12.3 Å². The number of anilines is 1. The first-order valence-electron chi connectivity index (χ1n) is 9.86. The highest BCUT2D eigenvalue weighted by Gasteiger charge is 2.54. The van der Waals surface area contributed by atoms with Crippen molar-refractivity contribution in [1.29, 1.82) is 0 Å². The number of fused-ring (bicyclic) bond motifs is 1. The number of ether oxygens (including phenoxy) is 1. The summed E-state index contributed by atoms with van der Waals surface area (Å²) in [5.74, 6) is 0.173. The molecule has 0 radical (unpaired) electrons. The number of oxazole rings is 1. The fraction of sp³-hybridized carbons (Fsp3) is 0.400. The minimum absolute atomic E-state index is 0.0411. The summed E-state index contributed by atoms with van der Waals surface area (Å²) < 4.78 is 58.3. The molecule has 204 valence electrons. The molecular formula is C15H20N5O14P3. The maximum atomic E-state index is 12.0. The van der Waals surface area contributed by atoms with Crippen molar-refractivity contribution >= 4 is 40.3 Å². The van der Waals surface area contributed by atoms with E-state index < -0.39 is 54.1 Å². The molecule has 0 bridgehead atoms. The second-order valence-corrected chi connectivity index (χ2v) is 12.2. The summed E-state index contributed by atoms with van der Waals surface area (Å²) in [4.78, 5) is 48.2. The van der Waals surface area contributed by atoms with E-state index in [1.807, 2.05) is 0 Å². The second-order valence-electron chi connectivity index (χ2n) is 7.83. The number of phosphoric ester groups is 1. The number of nitrogens with two attached hydrogens (primary N) is 1. The van der Waals surface area contributed by atoms with Crippen LogP contribution in [-0.4, -0.2) is 73.7 Å². The van der Waals surface area contributed by atoms with Crippen LogP contribution < -0.4 is 5.73 Å². The number of hydrogen-bond acceptors (Lipinski definition) is 14. The number of aliphatic hydroxyl groups excluding tert-OH is 1. The molecule has 1 aliphatic heterocycles. The van der Waals surface area contributed by atoms with E-state index >= 15 is 0 Å². The van der Waals surface area contributed by atoms with Gasteiger partial charge in [-0.15, -0.1) is 0 Å². The van der Waals surface area contributed by atoms with Gasteiger partial charge in [0.25, 0.3) is 0 Å². The molecule has 0 spiro atoms. The average Bonchev–Trinajstić information content (AvgIpc) is 3.43. The number of hydrogen-bond donors (Lipinski definition) is 7. The van der Waals surface area contributed by atoms with Crippen LogP contribution in [0.4, 0.5) is 5.82 Å². The minimum atomic E-state index is -5.75. The fourth-order valence-electron chi connectivity index (χ4n) is 3.65. The van der Waals surface area contributed by atoms with Gasteiger partial charge in [0.05, 0.1) is 23.8 Å². The highest BCUT2D eigenvalue weighted by molar-refractivity contribution is 7.66. The van der Waals surface area contributed by atoms with Crippen LogP contribution in [0, 0.1) is 0 Å². The normalized spacial score (nSPS) is 27.8. The lowest BCUT2D eigenvalue weighted by atomic mass is 9.96. The van der Waals surface area contributed by atoms with E-state index in [4.69, 9.17) is 24.7 Å². The predicted molar refractivity (Wildman–Crippen MR) is 118 cm³/mol. The fourth-order valence-corrected chi connectivity index (χ4v) is 6.68. The highest BCUT2D eigenvalue weighted by Crippen LogP contribution is 2.66. The Labute approximate surface area is 205 Å². The predicted octanol–water partition coefficient (Wildman–Crippen LogP) is 0.0211. The third kappa shape index (κ3) is 5.84. The molecule has 4 heterocycles. The van der Waals surface area contributed by atoms with Crippen LogP contribution in [0.1, 0.15) is 13.2 Å². The maximum Gasteiger partial charge on any atom is 0.490 e. The Morgan fingerprint density at radius 3 is 2.46 bits per heavy atom. The van der Waals surface area contributed by atoms with Gasteiger partial charge in [0.2, 0.25) is 5.89 Å². The first-order chi connectivity index (χ1) is 17.0. The van der Waals surface area contributed by atoms with Gasteiger partial charge in [-0.25, -0.2) is 28.6 Å². The van der Waals surface area contributed by atoms with Gasteiger partial charge >= 0.3 is 23.5 Å². The number of nitrogen functional groups attached to an aromatic ring is 1. The summed E-state index contributed by atoms with van der Waals surface area (Å²) in [5.41, 5.74) is 4.39. The van der Waals surface area contributed by atoms with Crippen molar-refractivity contribution in [2.45, 2.75) is 31.0 Å². The van der Waals surface area contributed by atoms with Crippen LogP contribution in [0.2, 0.25) is 0 Å². The summed E-state index contributed by atoms with van der Waals surface area (Å²) in [6.45, 7) is 0.189. The lowest BCUT2D eigenvalue weighted by Gasteiger charge is -2.27. The van der Waals surface area contributed by atoms with Gasteiger partial charge < -0.3 is 49.2 Å². The lowest BCUT2D eigenvalue weighted by Crippen LogP contribution is -2.44. The van der Waals surface area contributed by atoms with Gasteiger partial charge in [-0.05, 0) is 6.92 Å². The first kappa shape index (κ1) is 27.9. The van der Waals surface area contributed by atoms with E-state index in [2.05, 4.69) is 28.1 Å². The molecule has 3 aromatic heterocycles. The van der Waals surface area contributed by atoms with Crippen LogP contribution in [0.3, 0.4) is 0 Å². The van der Waals surface area contributed by atoms with Crippen LogP contribution in [-0.2, 0) is 31.6 Å². The van der Waals surface area contributed by atoms with Gasteiger partial charge in [-0.3, -0.25) is 4.52 Å². The molecule has 0 amide bonds. The summed E-state index contributed by atoms with van der Waals surface area (Å²) in [5, 5.41) is 22.0. The monoisotopic (exact) mass is 587 g/mol. The smallest absolute Gasteiger partial charge is 0.444 e. The molecule has 4 rings (SSSR count). The number of rotatable bonds is 9. The van der Waals surface area contributed by atoms with E-state index in [1.165, 1.54) is 30.1 Å². The third-order valence-electron chi connectivity index (χ3n) is 5.13. The minimum Gasteiger partial charge on any atom is -0.444 e. The topological polar surface area (TPSA) is 292 Å². The van der Waals surface area contributed by atoms with Crippen molar-refractivity contribution < 1.29 is 65.8 Å². The van der Waals surface area contributed by atoms with Crippen molar-refractivity contribution in [2.24, 2.45) is 0 Å². The number of aromatic nitrogens is 4.